The first kappa shape index (κ1) is 8.17. The molecular formula is C12H9N3. The number of fused-ring (bicyclic) bond motifs is 3. The molecule has 0 bridgehead atoms. The van der Waals surface area contributed by atoms with Crippen LogP contribution in [-0.2, 0) is 0 Å². The molecular weight excluding hydrogens is 186 g/mol. The van der Waals surface area contributed by atoms with Crippen molar-refractivity contribution in [2.75, 3.05) is 5.43 Å². The van der Waals surface area contributed by atoms with Crippen LogP contribution < -0.4 is 5.43 Å². The lowest BCUT2D eigenvalue weighted by Crippen LogP contribution is -1.91. The van der Waals surface area contributed by atoms with Crippen LogP contribution in [0.4, 0.5) is 5.69 Å². The lowest BCUT2D eigenvalue weighted by molar-refractivity contribution is 1.29. The van der Waals surface area contributed by atoms with Crippen LogP contribution in [0.2, 0.25) is 0 Å². The number of nitrogens with zero attached hydrogens (tertiary/aromatic N) is 2. The maximum atomic E-state index is 4.38. The summed E-state index contributed by atoms with van der Waals surface area (Å²) in [4.78, 5) is 4.38. The number of aromatic nitrogens is 1. The van der Waals surface area contributed by atoms with Crippen LogP contribution in [0, 0.1) is 0 Å². The zero-order valence-corrected chi connectivity index (χ0v) is 8.01. The Hall–Kier alpha value is -2.16. The van der Waals surface area contributed by atoms with Gasteiger partial charge in [-0.15, -0.1) is 0 Å². The van der Waals surface area contributed by atoms with Gasteiger partial charge in [0.1, 0.15) is 0 Å². The lowest BCUT2D eigenvalue weighted by Gasteiger charge is -2.05. The monoisotopic (exact) mass is 195 g/mol. The number of benzene rings is 1. The minimum Gasteiger partial charge on any atom is -0.276 e. The standard InChI is InChI=1S/C12H9N3/c1-2-5-10-9(4-1)8-14-15-11-6-3-7-13-12(10)11/h1-8,15H. The lowest BCUT2D eigenvalue weighted by atomic mass is 10.0. The van der Waals surface area contributed by atoms with E-state index in [1.165, 1.54) is 0 Å². The zero-order valence-electron chi connectivity index (χ0n) is 8.01. The fourth-order valence-corrected chi connectivity index (χ4v) is 1.71. The van der Waals surface area contributed by atoms with Gasteiger partial charge in [-0.1, -0.05) is 24.3 Å². The highest BCUT2D eigenvalue weighted by Crippen LogP contribution is 2.29. The molecule has 0 unspecified atom stereocenters. The van der Waals surface area contributed by atoms with Gasteiger partial charge in [-0.2, -0.15) is 5.10 Å². The van der Waals surface area contributed by atoms with Gasteiger partial charge in [0.2, 0.25) is 0 Å². The normalized spacial score (nSPS) is 12.3. The third-order valence-corrected chi connectivity index (χ3v) is 2.41. The summed E-state index contributed by atoms with van der Waals surface area (Å²) >= 11 is 0. The van der Waals surface area contributed by atoms with E-state index in [-0.39, 0.29) is 0 Å². The number of hydrazone groups is 1. The van der Waals surface area contributed by atoms with E-state index >= 15 is 0 Å². The minimum absolute atomic E-state index is 0.943. The van der Waals surface area contributed by atoms with Crippen LogP contribution in [0.5, 0.6) is 0 Å². The Kier molecular flexibility index (Phi) is 1.75. The van der Waals surface area contributed by atoms with E-state index in [0.29, 0.717) is 0 Å². The van der Waals surface area contributed by atoms with E-state index in [0.717, 1.165) is 22.5 Å². The van der Waals surface area contributed by atoms with Crippen molar-refractivity contribution < 1.29 is 0 Å². The fraction of sp³-hybridized carbons (Fsp3) is 0. The third-order valence-electron chi connectivity index (χ3n) is 2.41. The fourth-order valence-electron chi connectivity index (χ4n) is 1.71. The van der Waals surface area contributed by atoms with Gasteiger partial charge >= 0.3 is 0 Å². The molecule has 1 aliphatic rings. The summed E-state index contributed by atoms with van der Waals surface area (Å²) in [5, 5.41) is 4.14. The highest BCUT2D eigenvalue weighted by atomic mass is 15.3. The summed E-state index contributed by atoms with van der Waals surface area (Å²) in [6.07, 6.45) is 3.61. The number of nitrogens with one attached hydrogen (secondary N) is 1. The molecule has 15 heavy (non-hydrogen) atoms. The predicted octanol–water partition coefficient (Wildman–Crippen LogP) is 2.51. The Balaban J connectivity index is 2.33. The van der Waals surface area contributed by atoms with Crippen molar-refractivity contribution in [3.8, 4) is 11.3 Å². The van der Waals surface area contributed by atoms with Crippen LogP contribution in [-0.4, -0.2) is 11.2 Å². The number of rotatable bonds is 0. The molecule has 3 rings (SSSR count). The van der Waals surface area contributed by atoms with Crippen molar-refractivity contribution in [2.24, 2.45) is 5.10 Å². The van der Waals surface area contributed by atoms with Gasteiger partial charge in [0, 0.05) is 17.3 Å². The Morgan fingerprint density at radius 3 is 2.93 bits per heavy atom. The van der Waals surface area contributed by atoms with E-state index in [2.05, 4.69) is 21.6 Å². The van der Waals surface area contributed by atoms with Crippen LogP contribution in [0.1, 0.15) is 5.56 Å². The zero-order chi connectivity index (χ0) is 10.1. The maximum Gasteiger partial charge on any atom is 0.0958 e. The highest BCUT2D eigenvalue weighted by molar-refractivity contribution is 5.94. The van der Waals surface area contributed by atoms with E-state index in [1.807, 2.05) is 36.5 Å². The van der Waals surface area contributed by atoms with E-state index in [9.17, 15) is 0 Å². The second-order valence-electron chi connectivity index (χ2n) is 3.36. The van der Waals surface area contributed by atoms with Gasteiger partial charge in [-0.05, 0) is 12.1 Å². The summed E-state index contributed by atoms with van der Waals surface area (Å²) < 4.78 is 0. The van der Waals surface area contributed by atoms with Crippen LogP contribution in [0.15, 0.2) is 47.7 Å². The van der Waals surface area contributed by atoms with E-state index in [1.54, 1.807) is 6.20 Å². The first-order valence-corrected chi connectivity index (χ1v) is 4.78. The van der Waals surface area contributed by atoms with Crippen LogP contribution in [0.25, 0.3) is 11.3 Å². The Labute approximate surface area is 87.5 Å². The maximum absolute atomic E-state index is 4.38. The molecule has 72 valence electrons. The topological polar surface area (TPSA) is 37.3 Å². The second kappa shape index (κ2) is 3.20. The van der Waals surface area contributed by atoms with E-state index < -0.39 is 0 Å². The third kappa shape index (κ3) is 1.29. The number of anilines is 1. The largest absolute Gasteiger partial charge is 0.276 e. The van der Waals surface area contributed by atoms with Crippen molar-refractivity contribution in [2.45, 2.75) is 0 Å². The summed E-state index contributed by atoms with van der Waals surface area (Å²) in [5.74, 6) is 0. The molecule has 0 saturated carbocycles. The summed E-state index contributed by atoms with van der Waals surface area (Å²) in [5.41, 5.74) is 7.07. The van der Waals surface area contributed by atoms with Gasteiger partial charge < -0.3 is 0 Å². The minimum atomic E-state index is 0.943. The highest BCUT2D eigenvalue weighted by Gasteiger charge is 2.11. The molecule has 2 aromatic rings. The molecule has 1 aromatic heterocycles. The van der Waals surface area contributed by atoms with Crippen LogP contribution >= 0.6 is 0 Å². The molecule has 0 saturated heterocycles. The quantitative estimate of drug-likeness (QED) is 0.701. The van der Waals surface area contributed by atoms with Crippen molar-refractivity contribution in [3.05, 3.63) is 48.2 Å². The van der Waals surface area contributed by atoms with Gasteiger partial charge in [0.05, 0.1) is 17.6 Å². The molecule has 1 aromatic carbocycles. The number of hydrogen-bond donors (Lipinski definition) is 1. The van der Waals surface area contributed by atoms with Crippen molar-refractivity contribution in [3.63, 3.8) is 0 Å². The predicted molar refractivity (Wildman–Crippen MR) is 60.9 cm³/mol. The molecule has 2 heterocycles. The van der Waals surface area contributed by atoms with Crippen molar-refractivity contribution >= 4 is 11.9 Å². The number of pyridine rings is 1. The molecule has 0 atom stereocenters. The molecule has 1 N–H and O–H groups in total. The van der Waals surface area contributed by atoms with Gasteiger partial charge in [0.15, 0.2) is 0 Å². The number of hydrogen-bond acceptors (Lipinski definition) is 3. The molecule has 0 amide bonds. The smallest absolute Gasteiger partial charge is 0.0958 e. The Morgan fingerprint density at radius 1 is 1.00 bits per heavy atom. The molecule has 0 aliphatic carbocycles. The molecule has 3 nitrogen and oxygen atoms in total. The van der Waals surface area contributed by atoms with Gasteiger partial charge in [0.25, 0.3) is 0 Å². The van der Waals surface area contributed by atoms with Gasteiger partial charge in [-0.3, -0.25) is 10.4 Å². The molecule has 0 fully saturated rings. The SMILES string of the molecule is C1=NNc2cccnc2-c2ccccc21. The van der Waals surface area contributed by atoms with Crippen LogP contribution in [0.3, 0.4) is 0 Å². The molecule has 0 spiro atoms. The second-order valence-corrected chi connectivity index (χ2v) is 3.36. The first-order chi connectivity index (χ1) is 7.45. The Bertz CT molecular complexity index is 532. The van der Waals surface area contributed by atoms with Crippen molar-refractivity contribution in [1.29, 1.82) is 0 Å². The average Bonchev–Trinajstić information content (AvgIpc) is 2.48. The van der Waals surface area contributed by atoms with E-state index in [4.69, 9.17) is 0 Å². The molecule has 0 radical (unpaired) electrons. The summed E-state index contributed by atoms with van der Waals surface area (Å²) in [6, 6.07) is 12.0. The van der Waals surface area contributed by atoms with Gasteiger partial charge in [-0.25, -0.2) is 0 Å². The van der Waals surface area contributed by atoms with Crippen molar-refractivity contribution in [1.82, 2.24) is 4.98 Å². The summed E-state index contributed by atoms with van der Waals surface area (Å²) in [7, 11) is 0. The first-order valence-electron chi connectivity index (χ1n) is 4.78. The summed E-state index contributed by atoms with van der Waals surface area (Å²) in [6.45, 7) is 0. The average molecular weight is 195 g/mol. The molecule has 1 aliphatic heterocycles. The Morgan fingerprint density at radius 2 is 1.93 bits per heavy atom. The molecule has 3 heteroatoms.